The van der Waals surface area contributed by atoms with Gasteiger partial charge in [-0.2, -0.15) is 5.90 Å². The number of allylic oxidation sites excluding steroid dienone is 4. The molecular formula is C22H27NO. The van der Waals surface area contributed by atoms with Crippen molar-refractivity contribution in [1.82, 2.24) is 0 Å². The Balaban J connectivity index is 0.00000139. The summed E-state index contributed by atoms with van der Waals surface area (Å²) < 4.78 is 0. The maximum atomic E-state index is 5.28. The summed E-state index contributed by atoms with van der Waals surface area (Å²) in [4.78, 5) is 4.87. The van der Waals surface area contributed by atoms with Crippen LogP contribution in [-0.4, -0.2) is 0 Å². The van der Waals surface area contributed by atoms with Gasteiger partial charge in [-0.1, -0.05) is 87.7 Å². The van der Waals surface area contributed by atoms with Gasteiger partial charge in [0.2, 0.25) is 0 Å². The Morgan fingerprint density at radius 2 is 1.71 bits per heavy atom. The largest absolute Gasteiger partial charge is 0.411 e. The molecule has 2 aromatic carbocycles. The Labute approximate surface area is 145 Å². The molecule has 0 bridgehead atoms. The van der Waals surface area contributed by atoms with Gasteiger partial charge >= 0.3 is 0 Å². The van der Waals surface area contributed by atoms with Gasteiger partial charge in [-0.25, -0.2) is 0 Å². The van der Waals surface area contributed by atoms with Crippen molar-refractivity contribution in [2.45, 2.75) is 26.7 Å². The molecule has 0 aromatic heterocycles. The smallest absolute Gasteiger partial charge is 0.149 e. The molecule has 0 amide bonds. The Bertz CT molecular complexity index is 686. The highest BCUT2D eigenvalue weighted by molar-refractivity contribution is 5.48. The van der Waals surface area contributed by atoms with E-state index in [1.54, 1.807) is 6.08 Å². The van der Waals surface area contributed by atoms with Crippen LogP contribution in [0, 0.1) is 6.92 Å². The number of benzene rings is 2. The molecule has 1 unspecified atom stereocenters. The molecule has 24 heavy (non-hydrogen) atoms. The summed E-state index contributed by atoms with van der Waals surface area (Å²) in [6, 6.07) is 16.4. The minimum absolute atomic E-state index is 0.0993. The van der Waals surface area contributed by atoms with Crippen molar-refractivity contribution < 1.29 is 4.84 Å². The fraction of sp³-hybridized carbons (Fsp3) is 0.182. The third-order valence-corrected chi connectivity index (χ3v) is 3.67. The van der Waals surface area contributed by atoms with E-state index in [0.29, 0.717) is 5.75 Å². The van der Waals surface area contributed by atoms with E-state index in [9.17, 15) is 0 Å². The van der Waals surface area contributed by atoms with Crippen molar-refractivity contribution in [3.05, 3.63) is 102 Å². The maximum absolute atomic E-state index is 5.28. The third-order valence-electron chi connectivity index (χ3n) is 3.67. The lowest BCUT2D eigenvalue weighted by molar-refractivity contribution is 0.332. The predicted molar refractivity (Wildman–Crippen MR) is 104 cm³/mol. The lowest BCUT2D eigenvalue weighted by Gasteiger charge is -2.20. The Morgan fingerprint density at radius 3 is 2.21 bits per heavy atom. The number of hydrogen-bond donors (Lipinski definition) is 1. The van der Waals surface area contributed by atoms with E-state index in [0.717, 1.165) is 16.7 Å². The first kappa shape index (κ1) is 19.5. The topological polar surface area (TPSA) is 35.2 Å². The van der Waals surface area contributed by atoms with Crippen molar-refractivity contribution in [2.75, 3.05) is 0 Å². The Hall–Kier alpha value is -2.58. The molecule has 2 N–H and O–H groups in total. The van der Waals surface area contributed by atoms with Gasteiger partial charge in [0.25, 0.3) is 0 Å². The fourth-order valence-corrected chi connectivity index (χ4v) is 2.63. The Morgan fingerprint density at radius 1 is 1.04 bits per heavy atom. The van der Waals surface area contributed by atoms with Crippen LogP contribution in [0.4, 0.5) is 0 Å². The number of aryl methyl sites for hydroxylation is 1. The van der Waals surface area contributed by atoms with E-state index < -0.39 is 0 Å². The van der Waals surface area contributed by atoms with Crippen molar-refractivity contribution in [3.63, 3.8) is 0 Å². The molecule has 2 rings (SSSR count). The van der Waals surface area contributed by atoms with Crippen LogP contribution in [0.5, 0.6) is 5.75 Å². The predicted octanol–water partition coefficient (Wildman–Crippen LogP) is 5.70. The Kier molecular flexibility index (Phi) is 8.31. The van der Waals surface area contributed by atoms with Crippen LogP contribution in [0.15, 0.2) is 85.5 Å². The SMILES string of the molecule is C=C/C=C(\C=C)C(c1ccccc1)c1ccc(ON)c(C)c1.CC. The zero-order valence-electron chi connectivity index (χ0n) is 14.8. The van der Waals surface area contributed by atoms with Gasteiger partial charge in [0.1, 0.15) is 5.75 Å². The second-order valence-corrected chi connectivity index (χ2v) is 5.09. The molecule has 1 atom stereocenters. The summed E-state index contributed by atoms with van der Waals surface area (Å²) in [5.41, 5.74) is 4.47. The minimum Gasteiger partial charge on any atom is -0.411 e. The normalized spacial score (nSPS) is 11.8. The molecule has 2 heteroatoms. The molecule has 0 aliphatic rings. The lowest BCUT2D eigenvalue weighted by Crippen LogP contribution is -2.06. The van der Waals surface area contributed by atoms with E-state index in [1.165, 1.54) is 5.56 Å². The van der Waals surface area contributed by atoms with E-state index in [1.807, 2.05) is 63.3 Å². The third kappa shape index (κ3) is 4.71. The molecule has 126 valence electrons. The van der Waals surface area contributed by atoms with Crippen LogP contribution < -0.4 is 10.7 Å². The number of hydrogen-bond acceptors (Lipinski definition) is 2. The van der Waals surface area contributed by atoms with Crippen molar-refractivity contribution in [1.29, 1.82) is 0 Å². The highest BCUT2D eigenvalue weighted by Gasteiger charge is 2.17. The molecule has 0 heterocycles. The monoisotopic (exact) mass is 321 g/mol. The molecule has 0 radical (unpaired) electrons. The molecule has 2 nitrogen and oxygen atoms in total. The summed E-state index contributed by atoms with van der Waals surface area (Å²) in [6.45, 7) is 13.7. The first-order valence-electron chi connectivity index (χ1n) is 8.18. The van der Waals surface area contributed by atoms with Gasteiger partial charge in [-0.05, 0) is 35.3 Å². The van der Waals surface area contributed by atoms with Crippen LogP contribution >= 0.6 is 0 Å². The van der Waals surface area contributed by atoms with Crippen molar-refractivity contribution in [2.24, 2.45) is 5.90 Å². The molecule has 0 aliphatic heterocycles. The van der Waals surface area contributed by atoms with E-state index in [-0.39, 0.29) is 5.92 Å². The molecular weight excluding hydrogens is 294 g/mol. The summed E-state index contributed by atoms with van der Waals surface area (Å²) in [6.07, 6.45) is 5.66. The van der Waals surface area contributed by atoms with Crippen molar-refractivity contribution >= 4 is 0 Å². The van der Waals surface area contributed by atoms with Crippen LogP contribution in [-0.2, 0) is 0 Å². The second kappa shape index (κ2) is 10.2. The van der Waals surface area contributed by atoms with Gasteiger partial charge in [0.15, 0.2) is 0 Å². The minimum atomic E-state index is 0.0993. The van der Waals surface area contributed by atoms with E-state index >= 15 is 0 Å². The summed E-state index contributed by atoms with van der Waals surface area (Å²) in [5.74, 6) is 6.06. The average Bonchev–Trinajstić information content (AvgIpc) is 2.64. The average molecular weight is 321 g/mol. The van der Waals surface area contributed by atoms with Gasteiger partial charge in [0, 0.05) is 5.92 Å². The molecule has 0 aliphatic carbocycles. The summed E-state index contributed by atoms with van der Waals surface area (Å²) >= 11 is 0. The first-order valence-corrected chi connectivity index (χ1v) is 8.18. The quantitative estimate of drug-likeness (QED) is 0.547. The first-order chi connectivity index (χ1) is 11.7. The second-order valence-electron chi connectivity index (χ2n) is 5.09. The summed E-state index contributed by atoms with van der Waals surface area (Å²) in [7, 11) is 0. The highest BCUT2D eigenvalue weighted by atomic mass is 16.6. The molecule has 0 fully saturated rings. The maximum Gasteiger partial charge on any atom is 0.149 e. The highest BCUT2D eigenvalue weighted by Crippen LogP contribution is 2.34. The zero-order chi connectivity index (χ0) is 17.9. The van der Waals surface area contributed by atoms with Crippen LogP contribution in [0.3, 0.4) is 0 Å². The molecule has 0 saturated carbocycles. The zero-order valence-corrected chi connectivity index (χ0v) is 14.8. The van der Waals surface area contributed by atoms with E-state index in [4.69, 9.17) is 10.7 Å². The van der Waals surface area contributed by atoms with E-state index in [2.05, 4.69) is 31.4 Å². The molecule has 0 spiro atoms. The molecule has 0 saturated heterocycles. The fourth-order valence-electron chi connectivity index (χ4n) is 2.63. The van der Waals surface area contributed by atoms with Crippen molar-refractivity contribution in [3.8, 4) is 5.75 Å². The summed E-state index contributed by atoms with van der Waals surface area (Å²) in [5, 5.41) is 0. The standard InChI is InChI=1S/C20H21NO.C2H6/c1-4-9-16(5-2)20(17-10-7-6-8-11-17)18-12-13-19(22-21)15(3)14-18;1-2/h4-14,20H,1-2,21H2,3H3;1-2H3/b16-9+;. The van der Waals surface area contributed by atoms with Gasteiger partial charge in [-0.3, -0.25) is 0 Å². The lowest BCUT2D eigenvalue weighted by atomic mass is 9.84. The van der Waals surface area contributed by atoms with Crippen LogP contribution in [0.1, 0.15) is 36.5 Å². The van der Waals surface area contributed by atoms with Crippen LogP contribution in [0.2, 0.25) is 0 Å². The molecule has 2 aromatic rings. The van der Waals surface area contributed by atoms with Crippen LogP contribution in [0.25, 0.3) is 0 Å². The number of nitrogens with two attached hydrogens (primary N) is 1. The van der Waals surface area contributed by atoms with Gasteiger partial charge < -0.3 is 4.84 Å². The number of rotatable bonds is 6. The van der Waals surface area contributed by atoms with Gasteiger partial charge in [-0.15, -0.1) is 0 Å². The van der Waals surface area contributed by atoms with Gasteiger partial charge in [0.05, 0.1) is 0 Å².